The molecule has 2 heterocycles. The van der Waals surface area contributed by atoms with Gasteiger partial charge in [0.2, 0.25) is 0 Å². The molecule has 0 saturated carbocycles. The summed E-state index contributed by atoms with van der Waals surface area (Å²) in [5.41, 5.74) is 0. The minimum absolute atomic E-state index is 0.102. The lowest BCUT2D eigenvalue weighted by Gasteiger charge is -2.48. The number of ether oxygens (including phenoxy) is 1. The van der Waals surface area contributed by atoms with Gasteiger partial charge in [0.05, 0.1) is 13.5 Å². The van der Waals surface area contributed by atoms with Gasteiger partial charge >= 0.3 is 5.97 Å². The van der Waals surface area contributed by atoms with E-state index >= 15 is 0 Å². The molecule has 110 valence electrons. The van der Waals surface area contributed by atoms with Crippen LogP contribution in [0.1, 0.15) is 20.3 Å². The van der Waals surface area contributed by atoms with Crippen LogP contribution in [-0.4, -0.2) is 85.7 Å². The maximum absolute atomic E-state index is 11.2. The molecule has 0 aliphatic carbocycles. The number of nitrogens with zero attached hydrogens (tertiary/aromatic N) is 3. The number of fused-ring (bicyclic) bond motifs is 1. The van der Waals surface area contributed by atoms with E-state index in [9.17, 15) is 4.79 Å². The largest absolute Gasteiger partial charge is 0.469 e. The van der Waals surface area contributed by atoms with Gasteiger partial charge in [-0.3, -0.25) is 19.5 Å². The normalized spacial score (nSPS) is 26.4. The molecular formula is C14H27N3O2. The number of hydrogen-bond donors (Lipinski definition) is 0. The monoisotopic (exact) mass is 269 g/mol. The van der Waals surface area contributed by atoms with Crippen molar-refractivity contribution in [2.45, 2.75) is 32.4 Å². The zero-order valence-electron chi connectivity index (χ0n) is 12.5. The maximum atomic E-state index is 11.2. The Hall–Kier alpha value is -0.650. The van der Waals surface area contributed by atoms with Gasteiger partial charge in [0.1, 0.15) is 0 Å². The Labute approximate surface area is 116 Å². The third-order valence-corrected chi connectivity index (χ3v) is 4.40. The van der Waals surface area contributed by atoms with Crippen LogP contribution in [0.4, 0.5) is 0 Å². The summed E-state index contributed by atoms with van der Waals surface area (Å²) in [5.74, 6) is -0.102. The summed E-state index contributed by atoms with van der Waals surface area (Å²) in [7, 11) is 1.46. The van der Waals surface area contributed by atoms with Crippen molar-refractivity contribution >= 4 is 5.97 Å². The summed E-state index contributed by atoms with van der Waals surface area (Å²) in [6.45, 7) is 12.2. The second kappa shape index (κ2) is 6.68. The smallest absolute Gasteiger partial charge is 0.306 e. The van der Waals surface area contributed by atoms with Gasteiger partial charge < -0.3 is 4.74 Å². The van der Waals surface area contributed by atoms with Gasteiger partial charge in [0.25, 0.3) is 0 Å². The molecule has 0 aromatic carbocycles. The number of carbonyl (C=O) groups is 1. The first kappa shape index (κ1) is 14.8. The Kier molecular flexibility index (Phi) is 5.19. The molecule has 2 rings (SSSR count). The minimum Gasteiger partial charge on any atom is -0.469 e. The zero-order chi connectivity index (χ0) is 13.8. The Morgan fingerprint density at radius 2 is 1.95 bits per heavy atom. The van der Waals surface area contributed by atoms with Crippen molar-refractivity contribution in [3.63, 3.8) is 0 Å². The fourth-order valence-electron chi connectivity index (χ4n) is 3.07. The number of esters is 1. The first-order valence-electron chi connectivity index (χ1n) is 7.37. The molecule has 0 bridgehead atoms. The van der Waals surface area contributed by atoms with Gasteiger partial charge in [-0.15, -0.1) is 0 Å². The molecular weight excluding hydrogens is 242 g/mol. The molecule has 5 heteroatoms. The van der Waals surface area contributed by atoms with Crippen LogP contribution in [0.3, 0.4) is 0 Å². The van der Waals surface area contributed by atoms with Gasteiger partial charge in [-0.05, 0) is 13.8 Å². The van der Waals surface area contributed by atoms with Crippen LogP contribution >= 0.6 is 0 Å². The average Bonchev–Trinajstić information content (AvgIpc) is 2.43. The number of piperazine rings is 2. The number of methoxy groups -OCH3 is 1. The molecule has 19 heavy (non-hydrogen) atoms. The first-order chi connectivity index (χ1) is 9.10. The quantitative estimate of drug-likeness (QED) is 0.684. The maximum Gasteiger partial charge on any atom is 0.306 e. The molecule has 0 aromatic rings. The average molecular weight is 269 g/mol. The van der Waals surface area contributed by atoms with Crippen molar-refractivity contribution in [3.8, 4) is 0 Å². The van der Waals surface area contributed by atoms with Crippen molar-refractivity contribution in [2.75, 3.05) is 52.9 Å². The molecule has 0 amide bonds. The van der Waals surface area contributed by atoms with Crippen LogP contribution in [0, 0.1) is 0 Å². The zero-order valence-corrected chi connectivity index (χ0v) is 12.5. The third kappa shape index (κ3) is 3.91. The molecule has 0 N–H and O–H groups in total. The van der Waals surface area contributed by atoms with Crippen molar-refractivity contribution in [3.05, 3.63) is 0 Å². The highest BCUT2D eigenvalue weighted by atomic mass is 16.5. The molecule has 5 nitrogen and oxygen atoms in total. The molecule has 2 aliphatic rings. The lowest BCUT2D eigenvalue weighted by Crippen LogP contribution is -2.62. The predicted octanol–water partition coefficient (Wildman–Crippen LogP) is 0.260. The van der Waals surface area contributed by atoms with E-state index in [1.165, 1.54) is 20.2 Å². The summed E-state index contributed by atoms with van der Waals surface area (Å²) in [5, 5.41) is 0. The molecule has 2 saturated heterocycles. The van der Waals surface area contributed by atoms with Crippen molar-refractivity contribution < 1.29 is 9.53 Å². The highest BCUT2D eigenvalue weighted by molar-refractivity contribution is 5.69. The Balaban J connectivity index is 1.81. The second-order valence-corrected chi connectivity index (χ2v) is 5.91. The SMILES string of the molecule is COC(=O)CCN1CCN2CCN(C(C)C)CC2C1. The Morgan fingerprint density at radius 3 is 2.63 bits per heavy atom. The van der Waals surface area contributed by atoms with E-state index in [1.807, 2.05) is 0 Å². The van der Waals surface area contributed by atoms with Gasteiger partial charge in [-0.25, -0.2) is 0 Å². The van der Waals surface area contributed by atoms with Crippen LogP contribution in [0.5, 0.6) is 0 Å². The minimum atomic E-state index is -0.102. The highest BCUT2D eigenvalue weighted by Crippen LogP contribution is 2.17. The summed E-state index contributed by atoms with van der Waals surface area (Å²) < 4.78 is 4.71. The van der Waals surface area contributed by atoms with E-state index in [0.29, 0.717) is 18.5 Å². The fourth-order valence-corrected chi connectivity index (χ4v) is 3.07. The van der Waals surface area contributed by atoms with Crippen LogP contribution in [0.2, 0.25) is 0 Å². The van der Waals surface area contributed by atoms with Crippen LogP contribution in [-0.2, 0) is 9.53 Å². The summed E-state index contributed by atoms with van der Waals surface area (Å²) in [6.07, 6.45) is 0.511. The topological polar surface area (TPSA) is 36.0 Å². The molecule has 0 spiro atoms. The van der Waals surface area contributed by atoms with Crippen molar-refractivity contribution in [1.82, 2.24) is 14.7 Å². The van der Waals surface area contributed by atoms with E-state index in [2.05, 4.69) is 28.5 Å². The number of rotatable bonds is 4. The van der Waals surface area contributed by atoms with E-state index in [1.54, 1.807) is 0 Å². The second-order valence-electron chi connectivity index (χ2n) is 5.91. The van der Waals surface area contributed by atoms with Gasteiger partial charge in [0, 0.05) is 57.9 Å². The van der Waals surface area contributed by atoms with Crippen LogP contribution in [0.15, 0.2) is 0 Å². The molecule has 0 aromatic heterocycles. The van der Waals surface area contributed by atoms with Gasteiger partial charge in [-0.2, -0.15) is 0 Å². The summed E-state index contributed by atoms with van der Waals surface area (Å²) in [4.78, 5) is 18.8. The van der Waals surface area contributed by atoms with Crippen molar-refractivity contribution in [1.29, 1.82) is 0 Å². The molecule has 2 fully saturated rings. The summed E-state index contributed by atoms with van der Waals surface area (Å²) in [6, 6.07) is 1.26. The third-order valence-electron chi connectivity index (χ3n) is 4.40. The molecule has 2 aliphatic heterocycles. The van der Waals surface area contributed by atoms with E-state index < -0.39 is 0 Å². The lowest BCUT2D eigenvalue weighted by molar-refractivity contribution is -0.141. The molecule has 1 unspecified atom stereocenters. The predicted molar refractivity (Wildman–Crippen MR) is 75.1 cm³/mol. The van der Waals surface area contributed by atoms with Crippen molar-refractivity contribution in [2.24, 2.45) is 0 Å². The van der Waals surface area contributed by atoms with Gasteiger partial charge in [0.15, 0.2) is 0 Å². The Morgan fingerprint density at radius 1 is 1.21 bits per heavy atom. The standard InChI is InChI=1S/C14H27N3O2/c1-12(2)17-9-8-16-7-6-15(10-13(16)11-17)5-4-14(18)19-3/h12-13H,4-11H2,1-3H3. The molecule has 1 atom stereocenters. The van der Waals surface area contributed by atoms with Crippen LogP contribution in [0.25, 0.3) is 0 Å². The van der Waals surface area contributed by atoms with E-state index in [-0.39, 0.29) is 5.97 Å². The highest BCUT2D eigenvalue weighted by Gasteiger charge is 2.32. The van der Waals surface area contributed by atoms with E-state index in [0.717, 1.165) is 32.7 Å². The Bertz CT molecular complexity index is 309. The van der Waals surface area contributed by atoms with Gasteiger partial charge in [-0.1, -0.05) is 0 Å². The van der Waals surface area contributed by atoms with Crippen LogP contribution < -0.4 is 0 Å². The fraction of sp³-hybridized carbons (Fsp3) is 0.929. The lowest BCUT2D eigenvalue weighted by atomic mass is 10.1. The first-order valence-corrected chi connectivity index (χ1v) is 7.37. The summed E-state index contributed by atoms with van der Waals surface area (Å²) >= 11 is 0. The van der Waals surface area contributed by atoms with E-state index in [4.69, 9.17) is 4.74 Å². The number of carbonyl (C=O) groups excluding carboxylic acids is 1. The molecule has 0 radical (unpaired) electrons. The number of hydrogen-bond acceptors (Lipinski definition) is 5.